The van der Waals surface area contributed by atoms with E-state index in [4.69, 9.17) is 22.7 Å². The summed E-state index contributed by atoms with van der Waals surface area (Å²) >= 11 is 0. The Labute approximate surface area is 196 Å². The van der Waals surface area contributed by atoms with Crippen molar-refractivity contribution in [1.82, 2.24) is 0 Å². The van der Waals surface area contributed by atoms with E-state index in [9.17, 15) is 13.0 Å². The first-order chi connectivity index (χ1) is 15.8. The van der Waals surface area contributed by atoms with Gasteiger partial charge < -0.3 is 18.5 Å². The third-order valence-electron chi connectivity index (χ3n) is 4.49. The molecule has 0 fully saturated rings. The second kappa shape index (κ2) is 14.0. The van der Waals surface area contributed by atoms with Gasteiger partial charge in [-0.1, -0.05) is 48.0 Å². The summed E-state index contributed by atoms with van der Waals surface area (Å²) in [6, 6.07) is 16.0. The molecule has 8 nitrogen and oxygen atoms in total. The molecule has 0 saturated heterocycles. The highest BCUT2D eigenvalue weighted by atomic mass is 32.2. The van der Waals surface area contributed by atoms with E-state index in [1.54, 1.807) is 26.0 Å². The van der Waals surface area contributed by atoms with Crippen LogP contribution in [-0.2, 0) is 44.0 Å². The number of benzene rings is 2. The summed E-state index contributed by atoms with van der Waals surface area (Å²) in [7, 11) is -7.31. The molecule has 2 aromatic carbocycles. The van der Waals surface area contributed by atoms with Gasteiger partial charge in [-0.2, -0.15) is 8.42 Å². The van der Waals surface area contributed by atoms with Crippen molar-refractivity contribution in [3.8, 4) is 0 Å². The monoisotopic (exact) mass is 500 g/mol. The van der Waals surface area contributed by atoms with Crippen LogP contribution < -0.4 is 0 Å². The van der Waals surface area contributed by atoms with E-state index >= 15 is 0 Å². The lowest BCUT2D eigenvalue weighted by atomic mass is 10.2. The molecule has 0 aromatic heterocycles. The van der Waals surface area contributed by atoms with E-state index in [1.165, 1.54) is 12.1 Å². The largest absolute Gasteiger partial charge is 0.376 e. The molecule has 0 aliphatic rings. The molecule has 0 saturated carbocycles. The predicted molar refractivity (Wildman–Crippen MR) is 126 cm³/mol. The average Bonchev–Trinajstić information content (AvgIpc) is 2.78. The fourth-order valence-corrected chi connectivity index (χ4v) is 5.17. The van der Waals surface area contributed by atoms with Crippen LogP contribution in [0.1, 0.15) is 25.0 Å². The van der Waals surface area contributed by atoms with E-state index in [0.717, 1.165) is 11.1 Å². The second-order valence-electron chi connectivity index (χ2n) is 7.36. The van der Waals surface area contributed by atoms with Gasteiger partial charge in [-0.15, -0.1) is 0 Å². The quantitative estimate of drug-likeness (QED) is 0.240. The van der Waals surface area contributed by atoms with Crippen molar-refractivity contribution in [2.75, 3.05) is 39.4 Å². The molecule has 10 heteroatoms. The van der Waals surface area contributed by atoms with Crippen molar-refractivity contribution >= 4 is 17.7 Å². The highest BCUT2D eigenvalue weighted by Gasteiger charge is 2.25. The third-order valence-corrected chi connectivity index (χ3v) is 7.59. The summed E-state index contributed by atoms with van der Waals surface area (Å²) in [6.45, 7) is 6.21. The Balaban J connectivity index is 1.97. The van der Waals surface area contributed by atoms with Crippen LogP contribution in [0.4, 0.5) is 0 Å². The molecule has 33 heavy (non-hydrogen) atoms. The molecule has 0 bridgehead atoms. The maximum absolute atomic E-state index is 12.6. The minimum absolute atomic E-state index is 0.0579. The van der Waals surface area contributed by atoms with Gasteiger partial charge in [0, 0.05) is 5.92 Å². The van der Waals surface area contributed by atoms with E-state index < -0.39 is 23.6 Å². The standard InChI is InChI=1S/C23H33O8PS/c1-4-29-32(24,30-5-2)19-28-17-22(16-27-15-21-9-7-6-8-10-21)18-31-33(25,26)23-13-11-20(3)12-14-23/h6-14,22H,4-5,15-19H2,1-3H3. The lowest BCUT2D eigenvalue weighted by Gasteiger charge is -2.20. The molecule has 0 amide bonds. The van der Waals surface area contributed by atoms with E-state index in [0.29, 0.717) is 6.61 Å². The maximum Gasteiger partial charge on any atom is 0.356 e. The van der Waals surface area contributed by atoms with Gasteiger partial charge in [0.2, 0.25) is 0 Å². The molecule has 0 radical (unpaired) electrons. The number of aryl methyl sites for hydroxylation is 1. The molecule has 0 heterocycles. The highest BCUT2D eigenvalue weighted by Crippen LogP contribution is 2.47. The van der Waals surface area contributed by atoms with Crippen LogP contribution in [0.25, 0.3) is 0 Å². The fourth-order valence-electron chi connectivity index (χ4n) is 2.86. The van der Waals surface area contributed by atoms with Crippen LogP contribution in [-0.4, -0.2) is 47.8 Å². The van der Waals surface area contributed by atoms with Gasteiger partial charge in [-0.05, 0) is 38.5 Å². The summed E-state index contributed by atoms with van der Waals surface area (Å²) in [5, 5.41) is 0. The van der Waals surface area contributed by atoms with Crippen molar-refractivity contribution < 1.29 is 35.7 Å². The van der Waals surface area contributed by atoms with Crippen molar-refractivity contribution in [2.45, 2.75) is 32.3 Å². The van der Waals surface area contributed by atoms with Crippen molar-refractivity contribution in [3.05, 3.63) is 65.7 Å². The number of hydrogen-bond donors (Lipinski definition) is 0. The predicted octanol–water partition coefficient (Wildman–Crippen LogP) is 4.77. The van der Waals surface area contributed by atoms with Gasteiger partial charge in [-0.25, -0.2) is 0 Å². The zero-order valence-electron chi connectivity index (χ0n) is 19.3. The third kappa shape index (κ3) is 10.1. The first-order valence-electron chi connectivity index (χ1n) is 10.8. The fraction of sp³-hybridized carbons (Fsp3) is 0.478. The Morgan fingerprint density at radius 1 is 0.848 bits per heavy atom. The zero-order chi connectivity index (χ0) is 24.2. The van der Waals surface area contributed by atoms with Gasteiger partial charge in [0.05, 0.1) is 44.5 Å². The van der Waals surface area contributed by atoms with Crippen LogP contribution in [0.3, 0.4) is 0 Å². The molecular weight excluding hydrogens is 467 g/mol. The summed E-state index contributed by atoms with van der Waals surface area (Å²) in [6.07, 6.45) is -0.241. The summed E-state index contributed by atoms with van der Waals surface area (Å²) in [4.78, 5) is 0.0789. The van der Waals surface area contributed by atoms with Crippen LogP contribution in [0.2, 0.25) is 0 Å². The lowest BCUT2D eigenvalue weighted by molar-refractivity contribution is 0.0216. The molecular formula is C23H33O8PS. The zero-order valence-corrected chi connectivity index (χ0v) is 21.1. The molecule has 0 N–H and O–H groups in total. The average molecular weight is 501 g/mol. The van der Waals surface area contributed by atoms with Crippen LogP contribution in [0.5, 0.6) is 0 Å². The first-order valence-corrected chi connectivity index (χ1v) is 13.9. The Bertz CT molecular complexity index is 954. The molecule has 0 spiro atoms. The van der Waals surface area contributed by atoms with E-state index in [-0.39, 0.29) is 44.3 Å². The van der Waals surface area contributed by atoms with Gasteiger partial charge in [0.15, 0.2) is 0 Å². The molecule has 0 aliphatic carbocycles. The minimum atomic E-state index is -3.94. The van der Waals surface area contributed by atoms with Crippen LogP contribution in [0.15, 0.2) is 59.5 Å². The molecule has 0 aliphatic heterocycles. The summed E-state index contributed by atoms with van der Waals surface area (Å²) in [5.41, 5.74) is 1.94. The highest BCUT2D eigenvalue weighted by molar-refractivity contribution is 7.86. The lowest BCUT2D eigenvalue weighted by Crippen LogP contribution is -2.24. The number of rotatable bonds is 16. The van der Waals surface area contributed by atoms with Gasteiger partial charge in [-0.3, -0.25) is 8.75 Å². The normalized spacial score (nSPS) is 13.2. The Morgan fingerprint density at radius 3 is 2.06 bits per heavy atom. The van der Waals surface area contributed by atoms with E-state index in [2.05, 4.69) is 0 Å². The smallest absolute Gasteiger partial charge is 0.356 e. The van der Waals surface area contributed by atoms with Crippen molar-refractivity contribution in [1.29, 1.82) is 0 Å². The summed E-state index contributed by atoms with van der Waals surface area (Å²) in [5.74, 6) is -0.425. The SMILES string of the molecule is CCOP(=O)(COCC(COCc1ccccc1)COS(=O)(=O)c1ccc(C)cc1)OCC. The van der Waals surface area contributed by atoms with Gasteiger partial charge in [0.25, 0.3) is 10.1 Å². The Morgan fingerprint density at radius 2 is 1.45 bits per heavy atom. The van der Waals surface area contributed by atoms with Crippen LogP contribution in [0, 0.1) is 12.8 Å². The minimum Gasteiger partial charge on any atom is -0.376 e. The molecule has 2 rings (SSSR count). The van der Waals surface area contributed by atoms with Crippen LogP contribution >= 0.6 is 7.60 Å². The topological polar surface area (TPSA) is 97.4 Å². The van der Waals surface area contributed by atoms with Crippen molar-refractivity contribution in [3.63, 3.8) is 0 Å². The Hall–Kier alpha value is -1.58. The van der Waals surface area contributed by atoms with Gasteiger partial charge in [0.1, 0.15) is 6.35 Å². The first kappa shape index (κ1) is 27.7. The van der Waals surface area contributed by atoms with E-state index in [1.807, 2.05) is 37.3 Å². The maximum atomic E-state index is 12.6. The van der Waals surface area contributed by atoms with Crippen molar-refractivity contribution in [2.24, 2.45) is 5.92 Å². The Kier molecular flexibility index (Phi) is 11.7. The second-order valence-corrected chi connectivity index (χ2v) is 11.0. The van der Waals surface area contributed by atoms with Gasteiger partial charge >= 0.3 is 7.60 Å². The number of ether oxygens (including phenoxy) is 2. The molecule has 1 atom stereocenters. The number of hydrogen-bond acceptors (Lipinski definition) is 8. The molecule has 2 aromatic rings. The molecule has 1 unspecified atom stereocenters. The summed E-state index contributed by atoms with van der Waals surface area (Å²) < 4.78 is 64.8. The molecule has 184 valence electrons.